The molecule has 0 radical (unpaired) electrons. The topological polar surface area (TPSA) is 82.8 Å². The number of benzene rings is 2. The van der Waals surface area contributed by atoms with E-state index < -0.39 is 11.9 Å². The molecule has 1 aromatic heterocycles. The van der Waals surface area contributed by atoms with Crippen LogP contribution in [0.3, 0.4) is 0 Å². The molecule has 0 aliphatic heterocycles. The molecular formula is C22H17ClO6. The first-order valence-corrected chi connectivity index (χ1v) is 9.02. The second-order valence-electron chi connectivity index (χ2n) is 6.17. The third kappa shape index (κ3) is 4.55. The monoisotopic (exact) mass is 412 g/mol. The van der Waals surface area contributed by atoms with Gasteiger partial charge in [0.25, 0.3) is 0 Å². The maximum Gasteiger partial charge on any atom is 0.374 e. The Morgan fingerprint density at radius 1 is 0.966 bits per heavy atom. The van der Waals surface area contributed by atoms with Crippen LogP contribution in [0.2, 0.25) is 5.02 Å². The predicted molar refractivity (Wildman–Crippen MR) is 105 cm³/mol. The van der Waals surface area contributed by atoms with Crippen LogP contribution in [0.5, 0.6) is 0 Å². The molecule has 148 valence electrons. The van der Waals surface area contributed by atoms with Crippen LogP contribution >= 0.6 is 11.6 Å². The molecule has 7 heteroatoms. The van der Waals surface area contributed by atoms with Gasteiger partial charge in [0.05, 0.1) is 12.7 Å². The summed E-state index contributed by atoms with van der Waals surface area (Å²) in [6.07, 6.45) is 0. The average Bonchev–Trinajstić information content (AvgIpc) is 3.12. The Hall–Kier alpha value is -3.38. The lowest BCUT2D eigenvalue weighted by Gasteiger charge is -2.08. The Morgan fingerprint density at radius 3 is 2.28 bits per heavy atom. The first-order chi connectivity index (χ1) is 13.9. The van der Waals surface area contributed by atoms with Gasteiger partial charge in [-0.15, -0.1) is 0 Å². The fourth-order valence-corrected chi connectivity index (χ4v) is 2.87. The van der Waals surface area contributed by atoms with E-state index in [1.807, 2.05) is 0 Å². The average molecular weight is 413 g/mol. The molecule has 0 spiro atoms. The van der Waals surface area contributed by atoms with E-state index in [-0.39, 0.29) is 35.0 Å². The third-order valence-corrected chi connectivity index (χ3v) is 4.44. The minimum absolute atomic E-state index is 0.0527. The lowest BCUT2D eigenvalue weighted by molar-refractivity contribution is 0.0436. The van der Waals surface area contributed by atoms with Gasteiger partial charge in [-0.1, -0.05) is 29.8 Å². The number of carbonyl (C=O) groups is 3. The molecule has 0 fully saturated rings. The summed E-state index contributed by atoms with van der Waals surface area (Å²) in [7, 11) is 1.25. The largest absolute Gasteiger partial charge is 0.463 e. The molecule has 0 atom stereocenters. The number of ketones is 1. The molecule has 0 aliphatic carbocycles. The molecule has 3 aromatic rings. The predicted octanol–water partition coefficient (Wildman–Crippen LogP) is 4.62. The number of carbonyl (C=O) groups excluding carboxylic acids is 3. The fraction of sp³-hybridized carbons (Fsp3) is 0.136. The zero-order chi connectivity index (χ0) is 21.0. The highest BCUT2D eigenvalue weighted by atomic mass is 35.5. The highest BCUT2D eigenvalue weighted by Crippen LogP contribution is 2.20. The van der Waals surface area contributed by atoms with Crippen molar-refractivity contribution in [3.05, 3.63) is 93.4 Å². The van der Waals surface area contributed by atoms with Crippen molar-refractivity contribution in [3.8, 4) is 0 Å². The second kappa shape index (κ2) is 8.75. The van der Waals surface area contributed by atoms with Crippen LogP contribution in [-0.4, -0.2) is 24.8 Å². The first-order valence-electron chi connectivity index (χ1n) is 8.64. The quantitative estimate of drug-likeness (QED) is 0.434. The second-order valence-corrected chi connectivity index (χ2v) is 6.61. The van der Waals surface area contributed by atoms with E-state index in [1.54, 1.807) is 55.5 Å². The Balaban J connectivity index is 1.78. The molecule has 0 N–H and O–H groups in total. The Labute approximate surface area is 172 Å². The summed E-state index contributed by atoms with van der Waals surface area (Å²) >= 11 is 5.86. The number of halogens is 1. The molecule has 0 saturated carbocycles. The van der Waals surface area contributed by atoms with Crippen LogP contribution in [0.4, 0.5) is 0 Å². The van der Waals surface area contributed by atoms with Crippen molar-refractivity contribution in [1.29, 1.82) is 0 Å². The maximum absolute atomic E-state index is 12.8. The van der Waals surface area contributed by atoms with Gasteiger partial charge in [-0.3, -0.25) is 4.79 Å². The van der Waals surface area contributed by atoms with Crippen LogP contribution in [0.15, 0.2) is 59.0 Å². The summed E-state index contributed by atoms with van der Waals surface area (Å²) in [5.74, 6) is -1.28. The van der Waals surface area contributed by atoms with E-state index in [9.17, 15) is 14.4 Å². The molecule has 1 heterocycles. The number of furan rings is 1. The molecule has 0 aliphatic rings. The van der Waals surface area contributed by atoms with Gasteiger partial charge in [-0.25, -0.2) is 9.59 Å². The minimum Gasteiger partial charge on any atom is -0.463 e. The van der Waals surface area contributed by atoms with E-state index in [2.05, 4.69) is 4.74 Å². The number of ether oxygens (including phenoxy) is 2. The summed E-state index contributed by atoms with van der Waals surface area (Å²) in [4.78, 5) is 37.0. The normalized spacial score (nSPS) is 10.4. The summed E-state index contributed by atoms with van der Waals surface area (Å²) in [5, 5.41) is 0.509. The highest BCUT2D eigenvalue weighted by Gasteiger charge is 2.21. The molecule has 6 nitrogen and oxygen atoms in total. The minimum atomic E-state index is -0.684. The Bertz CT molecular complexity index is 1070. The van der Waals surface area contributed by atoms with Crippen molar-refractivity contribution >= 4 is 29.3 Å². The number of methoxy groups -OCH3 is 1. The van der Waals surface area contributed by atoms with Crippen molar-refractivity contribution in [2.45, 2.75) is 13.5 Å². The van der Waals surface area contributed by atoms with Gasteiger partial charge < -0.3 is 13.9 Å². The maximum atomic E-state index is 12.8. The SMILES string of the molecule is COC(=O)c1oc(COC(=O)c2ccccc2C(=O)c2ccc(Cl)cc2)cc1C. The number of esters is 2. The zero-order valence-corrected chi connectivity index (χ0v) is 16.5. The van der Waals surface area contributed by atoms with E-state index in [0.717, 1.165) is 0 Å². The third-order valence-electron chi connectivity index (χ3n) is 4.18. The van der Waals surface area contributed by atoms with Gasteiger partial charge in [-0.2, -0.15) is 0 Å². The van der Waals surface area contributed by atoms with Gasteiger partial charge in [0.15, 0.2) is 5.78 Å². The molecule has 0 unspecified atom stereocenters. The first kappa shape index (κ1) is 20.4. The summed E-state index contributed by atoms with van der Waals surface area (Å²) in [6.45, 7) is 1.49. The van der Waals surface area contributed by atoms with Crippen LogP contribution in [-0.2, 0) is 16.1 Å². The number of hydrogen-bond acceptors (Lipinski definition) is 6. The van der Waals surface area contributed by atoms with Gasteiger partial charge in [-0.05, 0) is 43.3 Å². The van der Waals surface area contributed by atoms with Gasteiger partial charge in [0, 0.05) is 21.7 Å². The van der Waals surface area contributed by atoms with Crippen molar-refractivity contribution in [2.24, 2.45) is 0 Å². The van der Waals surface area contributed by atoms with Crippen LogP contribution in [0.25, 0.3) is 0 Å². The van der Waals surface area contributed by atoms with Gasteiger partial charge >= 0.3 is 11.9 Å². The van der Waals surface area contributed by atoms with Crippen LogP contribution in [0, 0.1) is 6.92 Å². The van der Waals surface area contributed by atoms with E-state index >= 15 is 0 Å². The summed E-state index contributed by atoms with van der Waals surface area (Å²) in [5.41, 5.74) is 1.31. The lowest BCUT2D eigenvalue weighted by Crippen LogP contribution is -2.12. The lowest BCUT2D eigenvalue weighted by atomic mass is 9.98. The van der Waals surface area contributed by atoms with E-state index in [4.69, 9.17) is 20.8 Å². The van der Waals surface area contributed by atoms with E-state index in [1.165, 1.54) is 13.2 Å². The van der Waals surface area contributed by atoms with Gasteiger partial charge in [0.2, 0.25) is 5.76 Å². The van der Waals surface area contributed by atoms with Crippen LogP contribution < -0.4 is 0 Å². The van der Waals surface area contributed by atoms with Crippen molar-refractivity contribution in [3.63, 3.8) is 0 Å². The van der Waals surface area contributed by atoms with Crippen molar-refractivity contribution in [1.82, 2.24) is 0 Å². The molecule has 29 heavy (non-hydrogen) atoms. The zero-order valence-electron chi connectivity index (χ0n) is 15.7. The molecule has 0 amide bonds. The molecule has 0 saturated heterocycles. The van der Waals surface area contributed by atoms with E-state index in [0.29, 0.717) is 16.1 Å². The van der Waals surface area contributed by atoms with Gasteiger partial charge in [0.1, 0.15) is 12.4 Å². The Kier molecular flexibility index (Phi) is 6.14. The number of rotatable bonds is 6. The highest BCUT2D eigenvalue weighted by molar-refractivity contribution is 6.30. The summed E-state index contributed by atoms with van der Waals surface area (Å²) < 4.78 is 15.3. The van der Waals surface area contributed by atoms with Crippen molar-refractivity contribution < 1.29 is 28.3 Å². The fourth-order valence-electron chi connectivity index (χ4n) is 2.74. The number of hydrogen-bond donors (Lipinski definition) is 0. The van der Waals surface area contributed by atoms with Crippen molar-refractivity contribution in [2.75, 3.05) is 7.11 Å². The Morgan fingerprint density at radius 2 is 1.62 bits per heavy atom. The molecule has 2 aromatic carbocycles. The molecule has 3 rings (SSSR count). The standard InChI is InChI=1S/C22H17ClO6/c1-13-11-16(29-20(13)22(26)27-2)12-28-21(25)18-6-4-3-5-17(18)19(24)14-7-9-15(23)10-8-14/h3-11H,12H2,1-2H3. The van der Waals surface area contributed by atoms with Crippen LogP contribution in [0.1, 0.15) is 48.2 Å². The number of aryl methyl sites for hydroxylation is 1. The smallest absolute Gasteiger partial charge is 0.374 e. The summed E-state index contributed by atoms with van der Waals surface area (Å²) in [6, 6.07) is 14.4. The molecule has 0 bridgehead atoms. The molecular weight excluding hydrogens is 396 g/mol.